The lowest BCUT2D eigenvalue weighted by Crippen LogP contribution is -2.17. The molecule has 0 fully saturated rings. The summed E-state index contributed by atoms with van der Waals surface area (Å²) in [5.41, 5.74) is -1.69. The molecule has 2 aromatic rings. The molecule has 0 unspecified atom stereocenters. The lowest BCUT2D eigenvalue weighted by molar-refractivity contribution is -0.141. The molecule has 20 heavy (non-hydrogen) atoms. The highest BCUT2D eigenvalue weighted by molar-refractivity contribution is 7.99. The van der Waals surface area contributed by atoms with Gasteiger partial charge in [-0.05, 0) is 11.4 Å². The van der Waals surface area contributed by atoms with Crippen molar-refractivity contribution in [2.75, 3.05) is 5.75 Å². The van der Waals surface area contributed by atoms with Crippen molar-refractivity contribution in [3.05, 3.63) is 44.5 Å². The molecule has 0 saturated carbocycles. The largest absolute Gasteiger partial charge is 0.433 e. The number of rotatable bonds is 4. The molecule has 1 N–H and O–H groups in total. The second kappa shape index (κ2) is 5.80. The molecule has 0 aliphatic rings. The van der Waals surface area contributed by atoms with E-state index in [2.05, 4.69) is 9.97 Å². The van der Waals surface area contributed by atoms with Gasteiger partial charge in [0.15, 0.2) is 16.6 Å². The summed E-state index contributed by atoms with van der Waals surface area (Å²) in [7, 11) is 0. The number of carbonyl (C=O) groups is 1. The second-order valence-corrected chi connectivity index (χ2v) is 5.40. The number of hydrogen-bond acceptors (Lipinski definition) is 5. The Morgan fingerprint density at radius 2 is 2.20 bits per heavy atom. The first kappa shape index (κ1) is 14.8. The first-order chi connectivity index (χ1) is 9.36. The third-order valence-electron chi connectivity index (χ3n) is 2.19. The lowest BCUT2D eigenvalue weighted by atomic mass is 10.2. The molecule has 4 nitrogen and oxygen atoms in total. The van der Waals surface area contributed by atoms with Crippen LogP contribution in [0, 0.1) is 0 Å². The van der Waals surface area contributed by atoms with E-state index in [1.165, 1.54) is 11.3 Å². The number of ketones is 1. The van der Waals surface area contributed by atoms with Crippen LogP contribution in [0.25, 0.3) is 0 Å². The molecular weight excluding hydrogens is 313 g/mol. The van der Waals surface area contributed by atoms with Gasteiger partial charge in [0, 0.05) is 17.0 Å². The van der Waals surface area contributed by atoms with Crippen LogP contribution in [0.15, 0.2) is 32.8 Å². The maximum absolute atomic E-state index is 12.5. The number of thioether (sulfide) groups is 1. The summed E-state index contributed by atoms with van der Waals surface area (Å²) in [6, 6.07) is 2.00. The summed E-state index contributed by atoms with van der Waals surface area (Å²) in [4.78, 5) is 28.3. The number of nitrogens with one attached hydrogen (secondary N) is 1. The maximum Gasteiger partial charge on any atom is 0.433 e. The average molecular weight is 320 g/mol. The quantitative estimate of drug-likeness (QED) is 0.534. The maximum atomic E-state index is 12.5. The van der Waals surface area contributed by atoms with Gasteiger partial charge in [-0.15, -0.1) is 0 Å². The van der Waals surface area contributed by atoms with E-state index in [0.717, 1.165) is 11.8 Å². The van der Waals surface area contributed by atoms with E-state index in [9.17, 15) is 22.8 Å². The smallest absolute Gasteiger partial charge is 0.301 e. The molecule has 0 saturated heterocycles. The molecule has 0 aliphatic carbocycles. The SMILES string of the molecule is O=C(CSc1nc(C(F)(F)F)cc(=O)[nH]1)c1ccsc1. The van der Waals surface area contributed by atoms with E-state index < -0.39 is 17.4 Å². The molecule has 0 radical (unpaired) electrons. The number of aromatic amines is 1. The minimum atomic E-state index is -4.69. The summed E-state index contributed by atoms with van der Waals surface area (Å²) in [6.45, 7) is 0. The molecule has 0 bridgehead atoms. The first-order valence-corrected chi connectivity index (χ1v) is 7.16. The lowest BCUT2D eigenvalue weighted by Gasteiger charge is -2.06. The number of carbonyl (C=O) groups excluding carboxylic acids is 1. The Balaban J connectivity index is 2.12. The number of thiophene rings is 1. The predicted octanol–water partition coefficient (Wildman–Crippen LogP) is 2.83. The zero-order valence-electron chi connectivity index (χ0n) is 9.73. The van der Waals surface area contributed by atoms with Crippen molar-refractivity contribution < 1.29 is 18.0 Å². The molecule has 2 rings (SSSR count). The minimum absolute atomic E-state index is 0.0962. The Bertz CT molecular complexity index is 665. The molecule has 0 aromatic carbocycles. The zero-order chi connectivity index (χ0) is 14.8. The standard InChI is InChI=1S/C11H7F3N2O2S2/c12-11(13,14)8-3-9(18)16-10(15-8)20-5-7(17)6-1-2-19-4-6/h1-4H,5H2,(H,15,16,18). The number of Topliss-reactive ketones (excluding diaryl/α,β-unsaturated/α-hetero) is 1. The summed E-state index contributed by atoms with van der Waals surface area (Å²) in [6.07, 6.45) is -4.69. The van der Waals surface area contributed by atoms with E-state index in [1.54, 1.807) is 16.8 Å². The number of hydrogen-bond donors (Lipinski definition) is 1. The van der Waals surface area contributed by atoms with Crippen LogP contribution in [-0.4, -0.2) is 21.5 Å². The minimum Gasteiger partial charge on any atom is -0.301 e. The fourth-order valence-electron chi connectivity index (χ4n) is 1.29. The van der Waals surface area contributed by atoms with Crippen molar-refractivity contribution in [1.29, 1.82) is 0 Å². The Morgan fingerprint density at radius 1 is 1.45 bits per heavy atom. The number of H-pyrrole nitrogens is 1. The molecule has 106 valence electrons. The normalized spacial score (nSPS) is 11.6. The molecule has 9 heteroatoms. The van der Waals surface area contributed by atoms with E-state index in [1.807, 2.05) is 0 Å². The summed E-state index contributed by atoms with van der Waals surface area (Å²) < 4.78 is 37.4. The molecular formula is C11H7F3N2O2S2. The van der Waals surface area contributed by atoms with Crippen LogP contribution >= 0.6 is 23.1 Å². The van der Waals surface area contributed by atoms with Crippen LogP contribution in [0.3, 0.4) is 0 Å². The van der Waals surface area contributed by atoms with Gasteiger partial charge in [-0.2, -0.15) is 24.5 Å². The van der Waals surface area contributed by atoms with Gasteiger partial charge in [0.05, 0.1) is 5.75 Å². The molecule has 0 amide bonds. The van der Waals surface area contributed by atoms with Gasteiger partial charge in [0.2, 0.25) is 0 Å². The third-order valence-corrected chi connectivity index (χ3v) is 3.75. The van der Waals surface area contributed by atoms with E-state index in [-0.39, 0.29) is 16.7 Å². The van der Waals surface area contributed by atoms with Gasteiger partial charge in [-0.1, -0.05) is 11.8 Å². The summed E-state index contributed by atoms with van der Waals surface area (Å²) in [5, 5.41) is 3.14. The van der Waals surface area contributed by atoms with Crippen molar-refractivity contribution in [2.24, 2.45) is 0 Å². The van der Waals surface area contributed by atoms with Gasteiger partial charge in [-0.25, -0.2) is 4.98 Å². The van der Waals surface area contributed by atoms with Gasteiger partial charge in [-0.3, -0.25) is 9.59 Å². The van der Waals surface area contributed by atoms with Crippen molar-refractivity contribution >= 4 is 28.9 Å². The number of halogens is 3. The van der Waals surface area contributed by atoms with Crippen LogP contribution < -0.4 is 5.56 Å². The molecule has 0 spiro atoms. The highest BCUT2D eigenvalue weighted by Gasteiger charge is 2.33. The van der Waals surface area contributed by atoms with Crippen molar-refractivity contribution in [3.63, 3.8) is 0 Å². The summed E-state index contributed by atoms with van der Waals surface area (Å²) in [5.74, 6) is -0.336. The Kier molecular flexibility index (Phi) is 4.29. The fraction of sp³-hybridized carbons (Fsp3) is 0.182. The van der Waals surface area contributed by atoms with Crippen LogP contribution in [0.4, 0.5) is 13.2 Å². The van der Waals surface area contributed by atoms with Crippen molar-refractivity contribution in [1.82, 2.24) is 9.97 Å². The van der Waals surface area contributed by atoms with E-state index in [0.29, 0.717) is 11.6 Å². The van der Waals surface area contributed by atoms with E-state index in [4.69, 9.17) is 0 Å². The van der Waals surface area contributed by atoms with Crippen molar-refractivity contribution in [3.8, 4) is 0 Å². The number of aromatic nitrogens is 2. The Hall–Kier alpha value is -1.61. The van der Waals surface area contributed by atoms with Gasteiger partial charge < -0.3 is 4.98 Å². The fourth-order valence-corrected chi connectivity index (χ4v) is 2.72. The van der Waals surface area contributed by atoms with Crippen LogP contribution in [-0.2, 0) is 6.18 Å². The van der Waals surface area contributed by atoms with Gasteiger partial charge in [0.1, 0.15) is 0 Å². The monoisotopic (exact) mass is 320 g/mol. The second-order valence-electron chi connectivity index (χ2n) is 3.66. The van der Waals surface area contributed by atoms with Crippen LogP contribution in [0.5, 0.6) is 0 Å². The zero-order valence-corrected chi connectivity index (χ0v) is 11.4. The first-order valence-electron chi connectivity index (χ1n) is 5.23. The third kappa shape index (κ3) is 3.70. The van der Waals surface area contributed by atoms with Gasteiger partial charge >= 0.3 is 6.18 Å². The van der Waals surface area contributed by atoms with Crippen LogP contribution in [0.2, 0.25) is 0 Å². The molecule has 2 aromatic heterocycles. The Labute approximate surface area is 119 Å². The molecule has 2 heterocycles. The Morgan fingerprint density at radius 3 is 2.80 bits per heavy atom. The summed E-state index contributed by atoms with van der Waals surface area (Å²) >= 11 is 2.11. The number of nitrogens with zero attached hydrogens (tertiary/aromatic N) is 1. The van der Waals surface area contributed by atoms with E-state index >= 15 is 0 Å². The molecule has 0 aliphatic heterocycles. The highest BCUT2D eigenvalue weighted by atomic mass is 32.2. The molecule has 0 atom stereocenters. The number of alkyl halides is 3. The van der Waals surface area contributed by atoms with Gasteiger partial charge in [0.25, 0.3) is 5.56 Å². The van der Waals surface area contributed by atoms with Crippen LogP contribution in [0.1, 0.15) is 16.1 Å². The highest BCUT2D eigenvalue weighted by Crippen LogP contribution is 2.27. The average Bonchev–Trinajstić information content (AvgIpc) is 2.88. The predicted molar refractivity (Wildman–Crippen MR) is 69.2 cm³/mol. The topological polar surface area (TPSA) is 62.8 Å². The van der Waals surface area contributed by atoms with Crippen molar-refractivity contribution in [2.45, 2.75) is 11.3 Å².